The summed E-state index contributed by atoms with van der Waals surface area (Å²) in [5.74, 6) is -2.92. The Bertz CT molecular complexity index is 1020. The Morgan fingerprint density at radius 1 is 1.25 bits per heavy atom. The fourth-order valence-electron chi connectivity index (χ4n) is 4.90. The van der Waals surface area contributed by atoms with Gasteiger partial charge in [-0.3, -0.25) is 9.69 Å². The summed E-state index contributed by atoms with van der Waals surface area (Å²) in [5.41, 5.74) is 0.0291. The van der Waals surface area contributed by atoms with E-state index in [2.05, 4.69) is 9.88 Å². The highest BCUT2D eigenvalue weighted by Gasteiger charge is 2.46. The van der Waals surface area contributed by atoms with Crippen molar-refractivity contribution in [2.75, 3.05) is 39.9 Å². The number of hydrogen-bond acceptors (Lipinski definition) is 8. The molecule has 0 bridgehead atoms. The molecule has 4 rings (SSSR count). The molecule has 1 N–H and O–H groups in total. The van der Waals surface area contributed by atoms with Crippen LogP contribution in [-0.2, 0) is 29.1 Å². The first-order valence-corrected chi connectivity index (χ1v) is 13.0. The normalized spacial score (nSPS) is 24.8. The van der Waals surface area contributed by atoms with Gasteiger partial charge in [-0.2, -0.15) is 17.5 Å². The molecule has 3 aliphatic heterocycles. The van der Waals surface area contributed by atoms with Crippen LogP contribution in [0.5, 0.6) is 0 Å². The number of sulfonamides is 1. The van der Waals surface area contributed by atoms with E-state index in [9.17, 15) is 26.4 Å². The Balaban J connectivity index is 0.000000454. The molecule has 3 aliphatic rings. The van der Waals surface area contributed by atoms with Crippen molar-refractivity contribution < 1.29 is 45.8 Å². The van der Waals surface area contributed by atoms with Crippen LogP contribution >= 0.6 is 0 Å². The van der Waals surface area contributed by atoms with E-state index >= 15 is 0 Å². The van der Waals surface area contributed by atoms with Crippen LogP contribution in [0.15, 0.2) is 29.4 Å². The first-order valence-electron chi connectivity index (χ1n) is 11.5. The van der Waals surface area contributed by atoms with Crippen LogP contribution < -0.4 is 0 Å². The average Bonchev–Trinajstić information content (AvgIpc) is 3.46. The summed E-state index contributed by atoms with van der Waals surface area (Å²) < 4.78 is 69.9. The van der Waals surface area contributed by atoms with Gasteiger partial charge in [-0.1, -0.05) is 6.07 Å². The molecule has 1 aromatic rings. The lowest BCUT2D eigenvalue weighted by Gasteiger charge is -2.37. The van der Waals surface area contributed by atoms with Crippen LogP contribution in [0.25, 0.3) is 0 Å². The molecule has 2 atom stereocenters. The fraction of sp³-hybridized carbons (Fsp3) is 0.682. The number of aliphatic carboxylic acids is 1. The summed E-state index contributed by atoms with van der Waals surface area (Å²) in [6, 6.07) is 4.79. The summed E-state index contributed by atoms with van der Waals surface area (Å²) in [7, 11) is -2.10. The highest BCUT2D eigenvalue weighted by molar-refractivity contribution is 7.89. The van der Waals surface area contributed by atoms with E-state index in [4.69, 9.17) is 19.4 Å². The number of carboxylic acid groups (broad SMARTS) is 1. The van der Waals surface area contributed by atoms with E-state index in [1.807, 2.05) is 0 Å². The molecule has 0 aromatic carbocycles. The minimum Gasteiger partial charge on any atom is -0.475 e. The Morgan fingerprint density at radius 2 is 1.92 bits per heavy atom. The molecule has 36 heavy (non-hydrogen) atoms. The standard InChI is InChI=1S/C20H29N3O5S.C2HF3O2/c1-27-19(24)17-5-4-10-22(17)14-16-13-20(15-28-16)7-11-23(12-8-20)29(25,26)18-6-2-3-9-21-18;3-2(4,5)1(6)7/h2-3,6,9,16-17H,4-5,7-8,10-15H2,1H3;(H,6,7). The average molecular weight is 538 g/mol. The fourth-order valence-corrected chi connectivity index (χ4v) is 6.28. The van der Waals surface area contributed by atoms with Gasteiger partial charge in [-0.25, -0.2) is 18.2 Å². The summed E-state index contributed by atoms with van der Waals surface area (Å²) in [6.07, 6.45) is 0.830. The van der Waals surface area contributed by atoms with Crippen molar-refractivity contribution in [1.29, 1.82) is 0 Å². The van der Waals surface area contributed by atoms with Crippen LogP contribution in [0.3, 0.4) is 0 Å². The number of pyridine rings is 1. The largest absolute Gasteiger partial charge is 0.490 e. The summed E-state index contributed by atoms with van der Waals surface area (Å²) >= 11 is 0. The minimum absolute atomic E-state index is 0.0291. The zero-order valence-electron chi connectivity index (χ0n) is 19.8. The van der Waals surface area contributed by atoms with Crippen LogP contribution in [0, 0.1) is 5.41 Å². The van der Waals surface area contributed by atoms with Gasteiger partial charge in [-0.05, 0) is 56.2 Å². The van der Waals surface area contributed by atoms with Crippen molar-refractivity contribution in [3.8, 4) is 0 Å². The number of hydrogen-bond donors (Lipinski definition) is 1. The van der Waals surface area contributed by atoms with E-state index in [1.165, 1.54) is 13.3 Å². The van der Waals surface area contributed by atoms with Crippen LogP contribution in [0.4, 0.5) is 13.2 Å². The number of rotatable bonds is 5. The molecule has 3 fully saturated rings. The third kappa shape index (κ3) is 6.72. The molecule has 10 nitrogen and oxygen atoms in total. The van der Waals surface area contributed by atoms with Gasteiger partial charge in [0.15, 0.2) is 5.03 Å². The van der Waals surface area contributed by atoms with Crippen LogP contribution in [0.2, 0.25) is 0 Å². The number of aromatic nitrogens is 1. The van der Waals surface area contributed by atoms with Gasteiger partial charge >= 0.3 is 18.1 Å². The number of ether oxygens (including phenoxy) is 2. The summed E-state index contributed by atoms with van der Waals surface area (Å²) in [6.45, 7) is 3.26. The van der Waals surface area contributed by atoms with E-state index in [-0.39, 0.29) is 28.6 Å². The number of halogens is 3. The topological polar surface area (TPSA) is 126 Å². The van der Waals surface area contributed by atoms with Gasteiger partial charge in [-0.15, -0.1) is 0 Å². The van der Waals surface area contributed by atoms with Crippen LogP contribution in [-0.4, -0.2) is 97.9 Å². The van der Waals surface area contributed by atoms with E-state index < -0.39 is 22.2 Å². The van der Waals surface area contributed by atoms with Crippen LogP contribution in [0.1, 0.15) is 32.1 Å². The van der Waals surface area contributed by atoms with Crippen molar-refractivity contribution >= 4 is 22.0 Å². The molecule has 202 valence electrons. The molecular weight excluding hydrogens is 507 g/mol. The molecule has 14 heteroatoms. The van der Waals surface area contributed by atoms with Gasteiger partial charge in [0, 0.05) is 25.8 Å². The molecule has 0 radical (unpaired) electrons. The van der Waals surface area contributed by atoms with Crippen molar-refractivity contribution in [3.63, 3.8) is 0 Å². The molecule has 1 aromatic heterocycles. The first kappa shape index (κ1) is 28.3. The van der Waals surface area contributed by atoms with Gasteiger partial charge in [0.05, 0.1) is 19.8 Å². The van der Waals surface area contributed by atoms with E-state index in [0.29, 0.717) is 19.7 Å². The van der Waals surface area contributed by atoms with Gasteiger partial charge in [0.2, 0.25) is 0 Å². The third-order valence-electron chi connectivity index (χ3n) is 6.83. The monoisotopic (exact) mass is 537 g/mol. The number of carbonyl (C=O) groups is 2. The number of nitrogens with zero attached hydrogens (tertiary/aromatic N) is 3. The summed E-state index contributed by atoms with van der Waals surface area (Å²) in [4.78, 5) is 27.1. The maximum Gasteiger partial charge on any atom is 0.490 e. The van der Waals surface area contributed by atoms with Gasteiger partial charge in [0.1, 0.15) is 6.04 Å². The minimum atomic E-state index is -5.08. The second-order valence-corrected chi connectivity index (χ2v) is 11.1. The number of carbonyl (C=O) groups excluding carboxylic acids is 1. The molecule has 2 unspecified atom stereocenters. The van der Waals surface area contributed by atoms with E-state index in [1.54, 1.807) is 22.5 Å². The smallest absolute Gasteiger partial charge is 0.475 e. The SMILES string of the molecule is COC(=O)C1CCCN1CC1CC2(CCN(S(=O)(=O)c3ccccn3)CC2)CO1.O=C(O)C(F)(F)F. The van der Waals surface area contributed by atoms with E-state index in [0.717, 1.165) is 45.2 Å². The second-order valence-electron chi connectivity index (χ2n) is 9.19. The Hall–Kier alpha value is -2.29. The molecule has 1 spiro atoms. The van der Waals surface area contributed by atoms with Gasteiger partial charge < -0.3 is 14.6 Å². The lowest BCUT2D eigenvalue weighted by molar-refractivity contribution is -0.192. The molecular formula is C22H30F3N3O7S. The lowest BCUT2D eigenvalue weighted by Crippen LogP contribution is -2.44. The van der Waals surface area contributed by atoms with Crippen molar-refractivity contribution in [3.05, 3.63) is 24.4 Å². The maximum atomic E-state index is 12.8. The summed E-state index contributed by atoms with van der Waals surface area (Å²) in [5, 5.41) is 7.24. The first-order chi connectivity index (χ1) is 16.9. The highest BCUT2D eigenvalue weighted by atomic mass is 32.2. The third-order valence-corrected chi connectivity index (χ3v) is 8.64. The highest BCUT2D eigenvalue weighted by Crippen LogP contribution is 2.43. The quantitative estimate of drug-likeness (QED) is 0.561. The maximum absolute atomic E-state index is 12.8. The molecule has 0 saturated carbocycles. The Kier molecular flexibility index (Phi) is 8.96. The molecule has 0 amide bonds. The Morgan fingerprint density at radius 3 is 2.47 bits per heavy atom. The number of esters is 1. The number of likely N-dealkylation sites (tertiary alicyclic amines) is 1. The predicted molar refractivity (Wildman–Crippen MR) is 119 cm³/mol. The molecule has 4 heterocycles. The number of methoxy groups -OCH3 is 1. The van der Waals surface area contributed by atoms with Crippen molar-refractivity contribution in [2.45, 2.75) is 55.5 Å². The van der Waals surface area contributed by atoms with Crippen molar-refractivity contribution in [2.24, 2.45) is 5.41 Å². The Labute approximate surface area is 207 Å². The lowest BCUT2D eigenvalue weighted by atomic mass is 9.77. The second kappa shape index (κ2) is 11.4. The van der Waals surface area contributed by atoms with Crippen molar-refractivity contribution in [1.82, 2.24) is 14.2 Å². The zero-order chi connectivity index (χ0) is 26.6. The van der Waals surface area contributed by atoms with Gasteiger partial charge in [0.25, 0.3) is 10.0 Å². The molecule has 3 saturated heterocycles. The number of carboxylic acids is 1. The number of alkyl halides is 3. The molecule has 0 aliphatic carbocycles. The number of piperidine rings is 1. The predicted octanol–water partition coefficient (Wildman–Crippen LogP) is 1.91. The zero-order valence-corrected chi connectivity index (χ0v) is 20.6.